The van der Waals surface area contributed by atoms with Gasteiger partial charge in [-0.25, -0.2) is 9.78 Å². The normalized spacial score (nSPS) is 14.1. The summed E-state index contributed by atoms with van der Waals surface area (Å²) in [4.78, 5) is 36.3. The fourth-order valence-electron chi connectivity index (χ4n) is 3.54. The van der Waals surface area contributed by atoms with Gasteiger partial charge in [-0.15, -0.1) is 11.3 Å². The number of aryl methyl sites for hydroxylation is 2. The van der Waals surface area contributed by atoms with Gasteiger partial charge in [0.05, 0.1) is 11.1 Å². The molecule has 3 aromatic rings. The Bertz CT molecular complexity index is 1240. The first-order valence-corrected chi connectivity index (χ1v) is 12.2. The van der Waals surface area contributed by atoms with Gasteiger partial charge < -0.3 is 14.6 Å². The fraction of sp³-hybridized carbons (Fsp3) is 0.571. The van der Waals surface area contributed by atoms with Crippen LogP contribution in [-0.4, -0.2) is 31.4 Å². The average molecular weight is 478 g/mol. The van der Waals surface area contributed by atoms with E-state index in [4.69, 9.17) is 14.2 Å². The molecule has 32 heavy (non-hydrogen) atoms. The molecular weight excluding hydrogens is 450 g/mol. The number of ether oxygens (including phenoxy) is 1. The Labute approximate surface area is 193 Å². The summed E-state index contributed by atoms with van der Waals surface area (Å²) in [5, 5.41) is 8.15. The number of nitrogens with zero attached hydrogens (tertiary/aromatic N) is 4. The van der Waals surface area contributed by atoms with Gasteiger partial charge in [0, 0.05) is 11.9 Å². The van der Waals surface area contributed by atoms with E-state index in [0.29, 0.717) is 22.6 Å². The summed E-state index contributed by atoms with van der Waals surface area (Å²) in [6.45, 7) is 8.94. The first-order chi connectivity index (χ1) is 14.9. The third-order valence-electron chi connectivity index (χ3n) is 5.07. The zero-order valence-electron chi connectivity index (χ0n) is 19.1. The van der Waals surface area contributed by atoms with Crippen molar-refractivity contribution in [2.75, 3.05) is 0 Å². The lowest BCUT2D eigenvalue weighted by atomic mass is 10.1. The van der Waals surface area contributed by atoms with Crippen molar-refractivity contribution in [2.24, 2.45) is 7.05 Å². The molecule has 3 aromatic heterocycles. The van der Waals surface area contributed by atoms with E-state index in [1.807, 2.05) is 0 Å². The van der Waals surface area contributed by atoms with E-state index < -0.39 is 17.2 Å². The highest BCUT2D eigenvalue weighted by atomic mass is 32.2. The summed E-state index contributed by atoms with van der Waals surface area (Å²) in [5.41, 5.74) is -0.316. The number of fused-ring (bicyclic) bond motifs is 3. The molecule has 1 aliphatic carbocycles. The summed E-state index contributed by atoms with van der Waals surface area (Å²) in [7, 11) is 1.74. The van der Waals surface area contributed by atoms with Crippen LogP contribution >= 0.6 is 23.1 Å². The summed E-state index contributed by atoms with van der Waals surface area (Å²) in [6.07, 6.45) is 2.53. The summed E-state index contributed by atoms with van der Waals surface area (Å²) in [5.74, 6) is 1.07. The van der Waals surface area contributed by atoms with Crippen molar-refractivity contribution in [1.29, 1.82) is 0 Å². The van der Waals surface area contributed by atoms with Crippen molar-refractivity contribution in [3.05, 3.63) is 32.5 Å². The Hall–Kier alpha value is -2.40. The molecule has 0 saturated carbocycles. The Kier molecular flexibility index (Phi) is 5.83. The molecule has 11 heteroatoms. The van der Waals surface area contributed by atoms with E-state index in [0.717, 1.165) is 29.5 Å². The molecule has 1 aliphatic rings. The van der Waals surface area contributed by atoms with Crippen molar-refractivity contribution >= 4 is 39.4 Å². The number of aromatic nitrogens is 4. The molecule has 9 nitrogen and oxygen atoms in total. The van der Waals surface area contributed by atoms with Crippen LogP contribution in [0.1, 0.15) is 63.2 Å². The van der Waals surface area contributed by atoms with Gasteiger partial charge >= 0.3 is 6.09 Å². The maximum absolute atomic E-state index is 12.9. The zero-order valence-corrected chi connectivity index (χ0v) is 20.7. The SMILES string of the molecule is Cn1c(SCc2nc(C(C)(C)NC(=O)OC(C)(C)C)no2)nc2sc3c(c2c1=O)CCC3. The molecule has 0 spiro atoms. The highest BCUT2D eigenvalue weighted by molar-refractivity contribution is 7.98. The van der Waals surface area contributed by atoms with Crippen LogP contribution < -0.4 is 10.9 Å². The van der Waals surface area contributed by atoms with Gasteiger partial charge in [0.15, 0.2) is 11.0 Å². The Morgan fingerprint density at radius 1 is 1.25 bits per heavy atom. The van der Waals surface area contributed by atoms with Crippen LogP contribution in [0.4, 0.5) is 4.79 Å². The molecule has 1 N–H and O–H groups in total. The van der Waals surface area contributed by atoms with Gasteiger partial charge in [-0.2, -0.15) is 4.98 Å². The number of alkyl carbamates (subject to hydrolysis) is 1. The molecule has 0 aromatic carbocycles. The van der Waals surface area contributed by atoms with Crippen LogP contribution in [0.2, 0.25) is 0 Å². The Morgan fingerprint density at radius 2 is 2.00 bits per heavy atom. The van der Waals surface area contributed by atoms with Gasteiger partial charge in [0.25, 0.3) is 5.56 Å². The van der Waals surface area contributed by atoms with E-state index in [-0.39, 0.29) is 5.56 Å². The molecule has 0 aliphatic heterocycles. The predicted octanol–water partition coefficient (Wildman–Crippen LogP) is 3.92. The van der Waals surface area contributed by atoms with E-state index in [9.17, 15) is 9.59 Å². The Balaban J connectivity index is 1.48. The van der Waals surface area contributed by atoms with Gasteiger partial charge in [0.1, 0.15) is 16.0 Å². The van der Waals surface area contributed by atoms with Gasteiger partial charge in [-0.3, -0.25) is 9.36 Å². The van der Waals surface area contributed by atoms with Crippen LogP contribution in [-0.2, 0) is 35.9 Å². The molecular formula is C21H27N5O4S2. The van der Waals surface area contributed by atoms with Crippen molar-refractivity contribution in [1.82, 2.24) is 25.0 Å². The van der Waals surface area contributed by atoms with E-state index in [2.05, 4.69) is 15.5 Å². The van der Waals surface area contributed by atoms with Crippen LogP contribution in [0.15, 0.2) is 14.5 Å². The van der Waals surface area contributed by atoms with E-state index in [1.165, 1.54) is 22.2 Å². The van der Waals surface area contributed by atoms with E-state index in [1.54, 1.807) is 57.6 Å². The maximum atomic E-state index is 12.9. The first kappa shape index (κ1) is 22.8. The highest BCUT2D eigenvalue weighted by Crippen LogP contribution is 2.35. The zero-order chi connectivity index (χ0) is 23.3. The number of carbonyl (C=O) groups excluding carboxylic acids is 1. The number of thiophene rings is 1. The topological polar surface area (TPSA) is 112 Å². The third kappa shape index (κ3) is 4.54. The van der Waals surface area contributed by atoms with E-state index >= 15 is 0 Å². The predicted molar refractivity (Wildman–Crippen MR) is 123 cm³/mol. The first-order valence-electron chi connectivity index (χ1n) is 10.4. The molecule has 0 saturated heterocycles. The maximum Gasteiger partial charge on any atom is 0.408 e. The molecule has 0 atom stereocenters. The molecule has 3 heterocycles. The lowest BCUT2D eigenvalue weighted by Gasteiger charge is -2.26. The minimum absolute atomic E-state index is 0.00851. The second kappa shape index (κ2) is 8.18. The van der Waals surface area contributed by atoms with Crippen LogP contribution in [0, 0.1) is 0 Å². The van der Waals surface area contributed by atoms with Crippen LogP contribution in [0.5, 0.6) is 0 Å². The molecule has 0 fully saturated rings. The molecule has 0 bridgehead atoms. The van der Waals surface area contributed by atoms with Crippen LogP contribution in [0.25, 0.3) is 10.2 Å². The summed E-state index contributed by atoms with van der Waals surface area (Å²) in [6, 6.07) is 0. The molecule has 1 amide bonds. The Morgan fingerprint density at radius 3 is 2.72 bits per heavy atom. The quantitative estimate of drug-likeness (QED) is 0.435. The number of hydrogen-bond donors (Lipinski definition) is 1. The van der Waals surface area contributed by atoms with Crippen LogP contribution in [0.3, 0.4) is 0 Å². The highest BCUT2D eigenvalue weighted by Gasteiger charge is 2.31. The van der Waals surface area contributed by atoms with Crippen molar-refractivity contribution in [3.63, 3.8) is 0 Å². The summed E-state index contributed by atoms with van der Waals surface area (Å²) < 4.78 is 12.3. The number of rotatable bonds is 5. The molecule has 0 unspecified atom stereocenters. The molecule has 172 valence electrons. The standard InChI is InChI=1S/C21H27N5O4S2/c1-20(2,3)29-19(28)24-21(4,5)17-22-13(30-25-17)10-31-18-23-15-14(16(27)26(18)6)11-8-7-9-12(11)32-15/h7-10H2,1-6H3,(H,24,28). The molecule has 4 rings (SSSR count). The van der Waals surface area contributed by atoms with Gasteiger partial charge in [-0.05, 0) is 59.4 Å². The van der Waals surface area contributed by atoms with Crippen molar-refractivity contribution < 1.29 is 14.1 Å². The number of amides is 1. The monoisotopic (exact) mass is 477 g/mol. The second-order valence-corrected chi connectivity index (χ2v) is 11.4. The smallest absolute Gasteiger partial charge is 0.408 e. The number of thioether (sulfide) groups is 1. The van der Waals surface area contributed by atoms with Gasteiger partial charge in [-0.1, -0.05) is 16.9 Å². The minimum atomic E-state index is -0.879. The van der Waals surface area contributed by atoms with Crippen molar-refractivity contribution in [2.45, 2.75) is 75.9 Å². The van der Waals surface area contributed by atoms with Gasteiger partial charge in [0.2, 0.25) is 5.89 Å². The molecule has 0 radical (unpaired) electrons. The summed E-state index contributed by atoms with van der Waals surface area (Å²) >= 11 is 2.99. The lowest BCUT2D eigenvalue weighted by Crippen LogP contribution is -2.44. The minimum Gasteiger partial charge on any atom is -0.444 e. The number of hydrogen-bond acceptors (Lipinski definition) is 9. The second-order valence-electron chi connectivity index (χ2n) is 9.35. The fourth-order valence-corrected chi connectivity index (χ4v) is 5.65. The third-order valence-corrected chi connectivity index (χ3v) is 7.27. The number of carbonyl (C=O) groups is 1. The number of nitrogens with one attached hydrogen (secondary N) is 1. The largest absolute Gasteiger partial charge is 0.444 e. The lowest BCUT2D eigenvalue weighted by molar-refractivity contribution is 0.0465. The average Bonchev–Trinajstić information content (AvgIpc) is 3.37. The van der Waals surface area contributed by atoms with Crippen molar-refractivity contribution in [3.8, 4) is 0 Å².